The normalized spacial score (nSPS) is 11.4. The molecule has 0 bridgehead atoms. The molecule has 1 aromatic heterocycles. The summed E-state index contributed by atoms with van der Waals surface area (Å²) in [5, 5.41) is 2.58. The van der Waals surface area contributed by atoms with E-state index in [1.54, 1.807) is 0 Å². The molecule has 5 nitrogen and oxygen atoms in total. The van der Waals surface area contributed by atoms with Crippen molar-refractivity contribution < 1.29 is 12.8 Å². The van der Waals surface area contributed by atoms with Gasteiger partial charge in [0.25, 0.3) is 0 Å². The number of halogens is 3. The van der Waals surface area contributed by atoms with E-state index in [4.69, 9.17) is 23.2 Å². The maximum absolute atomic E-state index is 12.9. The Morgan fingerprint density at radius 2 is 1.95 bits per heavy atom. The van der Waals surface area contributed by atoms with Gasteiger partial charge in [-0.25, -0.2) is 17.8 Å². The Kier molecular flexibility index (Phi) is 4.12. The Morgan fingerprint density at radius 3 is 2.55 bits per heavy atom. The zero-order valence-electron chi connectivity index (χ0n) is 10.1. The Hall–Kier alpha value is -1.44. The highest BCUT2D eigenvalue weighted by Gasteiger charge is 2.15. The first-order valence-electron chi connectivity index (χ1n) is 5.22. The van der Waals surface area contributed by atoms with E-state index in [9.17, 15) is 12.8 Å². The standard InChI is InChI=1S/C11H8Cl2FN3O2S/c1-20(18,19)11-15-5-8(13)10(17-11)16-9-3-2-6(14)4-7(9)12/h2-5H,1H3,(H,15,16,17). The van der Waals surface area contributed by atoms with Crippen molar-refractivity contribution in [3.63, 3.8) is 0 Å². The van der Waals surface area contributed by atoms with Gasteiger partial charge in [-0.15, -0.1) is 0 Å². The quantitative estimate of drug-likeness (QED) is 0.872. The lowest BCUT2D eigenvalue weighted by atomic mass is 10.3. The molecule has 0 amide bonds. The van der Waals surface area contributed by atoms with Crippen molar-refractivity contribution in [3.8, 4) is 0 Å². The van der Waals surface area contributed by atoms with Gasteiger partial charge >= 0.3 is 0 Å². The van der Waals surface area contributed by atoms with Crippen LogP contribution in [0.2, 0.25) is 10.0 Å². The highest BCUT2D eigenvalue weighted by atomic mass is 35.5. The summed E-state index contributed by atoms with van der Waals surface area (Å²) in [6.07, 6.45) is 2.13. The molecule has 0 radical (unpaired) electrons. The molecule has 2 aromatic rings. The Bertz CT molecular complexity index is 768. The first-order valence-corrected chi connectivity index (χ1v) is 7.87. The summed E-state index contributed by atoms with van der Waals surface area (Å²) < 4.78 is 35.7. The molecule has 20 heavy (non-hydrogen) atoms. The molecule has 0 fully saturated rings. The van der Waals surface area contributed by atoms with E-state index < -0.39 is 15.7 Å². The summed E-state index contributed by atoms with van der Waals surface area (Å²) in [5.41, 5.74) is 0.341. The van der Waals surface area contributed by atoms with Crippen LogP contribution in [-0.2, 0) is 9.84 Å². The fourth-order valence-electron chi connectivity index (χ4n) is 1.34. The van der Waals surface area contributed by atoms with Crippen molar-refractivity contribution in [1.29, 1.82) is 0 Å². The zero-order valence-corrected chi connectivity index (χ0v) is 12.4. The summed E-state index contributed by atoms with van der Waals surface area (Å²) in [6.45, 7) is 0. The van der Waals surface area contributed by atoms with Crippen molar-refractivity contribution in [2.24, 2.45) is 0 Å². The summed E-state index contributed by atoms with van der Waals surface area (Å²) in [6, 6.07) is 3.69. The number of hydrogen-bond donors (Lipinski definition) is 1. The van der Waals surface area contributed by atoms with Crippen LogP contribution in [0.3, 0.4) is 0 Å². The van der Waals surface area contributed by atoms with Gasteiger partial charge in [-0.2, -0.15) is 4.98 Å². The van der Waals surface area contributed by atoms with Crippen molar-refractivity contribution in [3.05, 3.63) is 40.3 Å². The lowest BCUT2D eigenvalue weighted by Gasteiger charge is -2.09. The van der Waals surface area contributed by atoms with Crippen LogP contribution in [0.4, 0.5) is 15.9 Å². The minimum atomic E-state index is -3.57. The van der Waals surface area contributed by atoms with Crippen LogP contribution in [0.15, 0.2) is 29.6 Å². The number of nitrogens with zero attached hydrogens (tertiary/aromatic N) is 2. The highest BCUT2D eigenvalue weighted by molar-refractivity contribution is 7.90. The zero-order chi connectivity index (χ0) is 14.9. The molecule has 0 spiro atoms. The average Bonchev–Trinajstić information content (AvgIpc) is 2.33. The van der Waals surface area contributed by atoms with Crippen LogP contribution in [0.25, 0.3) is 0 Å². The van der Waals surface area contributed by atoms with Crippen molar-refractivity contribution >= 4 is 44.5 Å². The predicted molar refractivity (Wildman–Crippen MR) is 74.8 cm³/mol. The van der Waals surface area contributed by atoms with E-state index in [0.29, 0.717) is 5.69 Å². The predicted octanol–water partition coefficient (Wildman–Crippen LogP) is 3.07. The number of aromatic nitrogens is 2. The Balaban J connectivity index is 2.43. The Morgan fingerprint density at radius 1 is 1.25 bits per heavy atom. The maximum atomic E-state index is 12.9. The lowest BCUT2D eigenvalue weighted by Crippen LogP contribution is -2.06. The number of sulfone groups is 1. The third kappa shape index (κ3) is 3.36. The molecule has 2 rings (SSSR count). The second-order valence-electron chi connectivity index (χ2n) is 3.87. The van der Waals surface area contributed by atoms with Crippen LogP contribution in [0.5, 0.6) is 0 Å². The second kappa shape index (κ2) is 5.51. The highest BCUT2D eigenvalue weighted by Crippen LogP contribution is 2.28. The molecule has 106 valence electrons. The van der Waals surface area contributed by atoms with Gasteiger partial charge in [-0.1, -0.05) is 23.2 Å². The molecule has 0 aliphatic rings. The van der Waals surface area contributed by atoms with Gasteiger partial charge in [0.05, 0.1) is 16.9 Å². The van der Waals surface area contributed by atoms with Gasteiger partial charge in [-0.3, -0.25) is 0 Å². The summed E-state index contributed by atoms with van der Waals surface area (Å²) in [7, 11) is -3.57. The minimum Gasteiger partial charge on any atom is -0.338 e. The van der Waals surface area contributed by atoms with Crippen molar-refractivity contribution in [2.75, 3.05) is 11.6 Å². The van der Waals surface area contributed by atoms with E-state index in [1.165, 1.54) is 12.1 Å². The first kappa shape index (κ1) is 15.0. The van der Waals surface area contributed by atoms with Crippen LogP contribution in [-0.4, -0.2) is 24.6 Å². The Labute approximate surface area is 124 Å². The van der Waals surface area contributed by atoms with Gasteiger partial charge in [0.2, 0.25) is 15.0 Å². The number of hydrogen-bond acceptors (Lipinski definition) is 5. The molecule has 9 heteroatoms. The fraction of sp³-hybridized carbons (Fsp3) is 0.0909. The number of nitrogens with one attached hydrogen (secondary N) is 1. The van der Waals surface area contributed by atoms with Gasteiger partial charge in [0.15, 0.2) is 5.82 Å². The summed E-state index contributed by atoms with van der Waals surface area (Å²) in [5.74, 6) is -0.429. The third-order valence-corrected chi connectivity index (χ3v) is 3.69. The van der Waals surface area contributed by atoms with E-state index in [-0.39, 0.29) is 21.0 Å². The molecule has 0 atom stereocenters. The topological polar surface area (TPSA) is 72.0 Å². The van der Waals surface area contributed by atoms with E-state index in [0.717, 1.165) is 18.5 Å². The summed E-state index contributed by atoms with van der Waals surface area (Å²) in [4.78, 5) is 7.43. The number of anilines is 2. The molecule has 0 saturated carbocycles. The fourth-order valence-corrected chi connectivity index (χ4v) is 2.19. The van der Waals surface area contributed by atoms with Gasteiger partial charge in [-0.05, 0) is 18.2 Å². The van der Waals surface area contributed by atoms with E-state index in [2.05, 4.69) is 15.3 Å². The molecular weight excluding hydrogens is 328 g/mol. The molecule has 0 unspecified atom stereocenters. The lowest BCUT2D eigenvalue weighted by molar-refractivity contribution is 0.593. The largest absolute Gasteiger partial charge is 0.338 e. The SMILES string of the molecule is CS(=O)(=O)c1ncc(Cl)c(Nc2ccc(F)cc2Cl)n1. The molecule has 0 aliphatic heterocycles. The average molecular weight is 336 g/mol. The molecule has 1 aromatic carbocycles. The smallest absolute Gasteiger partial charge is 0.248 e. The van der Waals surface area contributed by atoms with Crippen LogP contribution in [0, 0.1) is 5.82 Å². The van der Waals surface area contributed by atoms with Crippen LogP contribution >= 0.6 is 23.2 Å². The summed E-state index contributed by atoms with van der Waals surface area (Å²) >= 11 is 11.7. The minimum absolute atomic E-state index is 0.0654. The number of benzene rings is 1. The second-order valence-corrected chi connectivity index (χ2v) is 6.59. The van der Waals surface area contributed by atoms with Crippen molar-refractivity contribution in [2.45, 2.75) is 5.16 Å². The number of rotatable bonds is 3. The molecular formula is C11H8Cl2FN3O2S. The third-order valence-electron chi connectivity index (χ3n) is 2.24. The molecule has 1 N–H and O–H groups in total. The van der Waals surface area contributed by atoms with Crippen LogP contribution < -0.4 is 5.32 Å². The first-order chi connectivity index (χ1) is 9.27. The van der Waals surface area contributed by atoms with Crippen LogP contribution in [0.1, 0.15) is 0 Å². The van der Waals surface area contributed by atoms with Gasteiger partial charge < -0.3 is 5.32 Å². The van der Waals surface area contributed by atoms with E-state index >= 15 is 0 Å². The molecule has 0 saturated heterocycles. The van der Waals surface area contributed by atoms with Crippen molar-refractivity contribution in [1.82, 2.24) is 9.97 Å². The molecule has 0 aliphatic carbocycles. The maximum Gasteiger partial charge on any atom is 0.248 e. The van der Waals surface area contributed by atoms with Gasteiger partial charge in [0, 0.05) is 6.26 Å². The monoisotopic (exact) mass is 335 g/mol. The van der Waals surface area contributed by atoms with E-state index in [1.807, 2.05) is 0 Å². The molecule has 1 heterocycles. The van der Waals surface area contributed by atoms with Gasteiger partial charge in [0.1, 0.15) is 10.8 Å².